The molecule has 6 heteroatoms. The molecule has 0 spiro atoms. The van der Waals surface area contributed by atoms with Crippen LogP contribution in [0.5, 0.6) is 0 Å². The summed E-state index contributed by atoms with van der Waals surface area (Å²) in [6.45, 7) is 5.83. The van der Waals surface area contributed by atoms with Gasteiger partial charge in [-0.25, -0.2) is 4.98 Å². The van der Waals surface area contributed by atoms with Crippen molar-refractivity contribution < 1.29 is 14.3 Å². The molecular weight excluding hydrogens is 504 g/mol. The van der Waals surface area contributed by atoms with Crippen molar-refractivity contribution in [1.29, 1.82) is 0 Å². The number of hydrogen-bond acceptors (Lipinski definition) is 4. The first-order chi connectivity index (χ1) is 16.8. The lowest BCUT2D eigenvalue weighted by Gasteiger charge is -2.28. The van der Waals surface area contributed by atoms with E-state index in [0.717, 1.165) is 37.8 Å². The van der Waals surface area contributed by atoms with Crippen molar-refractivity contribution in [2.24, 2.45) is 0 Å². The molecule has 1 atom stereocenters. The van der Waals surface area contributed by atoms with Crippen LogP contribution in [0.15, 0.2) is 83.3 Å². The van der Waals surface area contributed by atoms with Crippen LogP contribution in [0, 0.1) is 6.92 Å². The van der Waals surface area contributed by atoms with Crippen molar-refractivity contribution in [2.75, 3.05) is 13.2 Å². The Morgan fingerprint density at radius 2 is 1.66 bits per heavy atom. The van der Waals surface area contributed by atoms with Crippen LogP contribution in [0.3, 0.4) is 0 Å². The van der Waals surface area contributed by atoms with Crippen molar-refractivity contribution in [3.63, 3.8) is 0 Å². The van der Waals surface area contributed by atoms with E-state index < -0.39 is 5.41 Å². The van der Waals surface area contributed by atoms with E-state index >= 15 is 0 Å². The molecule has 0 saturated carbocycles. The van der Waals surface area contributed by atoms with Crippen LogP contribution < -0.4 is 5.32 Å². The summed E-state index contributed by atoms with van der Waals surface area (Å²) in [7, 11) is 0. The maximum atomic E-state index is 13.7. The van der Waals surface area contributed by atoms with Gasteiger partial charge in [0.2, 0.25) is 0 Å². The summed E-state index contributed by atoms with van der Waals surface area (Å²) in [4.78, 5) is 31.6. The van der Waals surface area contributed by atoms with Crippen molar-refractivity contribution in [1.82, 2.24) is 10.3 Å². The van der Waals surface area contributed by atoms with Crippen molar-refractivity contribution in [2.45, 2.75) is 26.2 Å². The molecule has 0 aliphatic rings. The average molecular weight is 531 g/mol. The van der Waals surface area contributed by atoms with Crippen LogP contribution in [-0.2, 0) is 14.9 Å². The van der Waals surface area contributed by atoms with Gasteiger partial charge in [-0.3, -0.25) is 9.59 Å². The second-order valence-corrected chi connectivity index (χ2v) is 9.50. The summed E-state index contributed by atoms with van der Waals surface area (Å²) in [5.74, 6) is -0.646. The predicted molar refractivity (Wildman–Crippen MR) is 142 cm³/mol. The van der Waals surface area contributed by atoms with Crippen LogP contribution in [0.4, 0.5) is 0 Å². The summed E-state index contributed by atoms with van der Waals surface area (Å²) in [6.07, 6.45) is 0. The Kier molecular flexibility index (Phi) is 7.31. The fourth-order valence-electron chi connectivity index (χ4n) is 4.23. The zero-order chi connectivity index (χ0) is 25.0. The van der Waals surface area contributed by atoms with Crippen LogP contribution in [0.1, 0.15) is 35.3 Å². The molecule has 0 bridgehead atoms. The number of nitrogens with zero attached hydrogens (tertiary/aromatic N) is 1. The molecule has 0 saturated heterocycles. The zero-order valence-corrected chi connectivity index (χ0v) is 21.6. The highest BCUT2D eigenvalue weighted by molar-refractivity contribution is 9.10. The molecule has 0 fully saturated rings. The summed E-state index contributed by atoms with van der Waals surface area (Å²) >= 11 is 3.52. The van der Waals surface area contributed by atoms with Gasteiger partial charge in [0, 0.05) is 22.0 Å². The van der Waals surface area contributed by atoms with E-state index in [1.165, 1.54) is 0 Å². The van der Waals surface area contributed by atoms with Crippen LogP contribution in [-0.4, -0.2) is 30.0 Å². The summed E-state index contributed by atoms with van der Waals surface area (Å²) in [6, 6.07) is 24.9. The van der Waals surface area contributed by atoms with Gasteiger partial charge in [-0.2, -0.15) is 0 Å². The molecule has 5 nitrogen and oxygen atoms in total. The fourth-order valence-corrected chi connectivity index (χ4v) is 4.60. The first-order valence-corrected chi connectivity index (χ1v) is 12.3. The van der Waals surface area contributed by atoms with Gasteiger partial charge in [0.15, 0.2) is 0 Å². The van der Waals surface area contributed by atoms with Gasteiger partial charge in [0.25, 0.3) is 5.91 Å². The SMILES string of the molecule is CCOC(=O)C(C)(CNC(=O)c1c(C)c(-c2ccccc2)nc2ccc(Br)cc12)c1ccccc1. The Morgan fingerprint density at radius 3 is 2.31 bits per heavy atom. The number of hydrogen-bond donors (Lipinski definition) is 1. The average Bonchev–Trinajstić information content (AvgIpc) is 2.88. The Bertz CT molecular complexity index is 1370. The number of carbonyl (C=O) groups is 2. The highest BCUT2D eigenvalue weighted by Gasteiger charge is 2.37. The van der Waals surface area contributed by atoms with Crippen LogP contribution in [0.25, 0.3) is 22.2 Å². The minimum Gasteiger partial charge on any atom is -0.465 e. The summed E-state index contributed by atoms with van der Waals surface area (Å²) in [5.41, 5.74) is 3.46. The molecule has 1 aromatic heterocycles. The summed E-state index contributed by atoms with van der Waals surface area (Å²) in [5, 5.41) is 3.77. The number of nitrogens with one attached hydrogen (secondary N) is 1. The number of fused-ring (bicyclic) bond motifs is 1. The monoisotopic (exact) mass is 530 g/mol. The van der Waals surface area contributed by atoms with Gasteiger partial charge in [-0.15, -0.1) is 0 Å². The highest BCUT2D eigenvalue weighted by Crippen LogP contribution is 2.32. The second kappa shape index (κ2) is 10.4. The van der Waals surface area contributed by atoms with E-state index in [-0.39, 0.29) is 25.0 Å². The fraction of sp³-hybridized carbons (Fsp3) is 0.207. The smallest absolute Gasteiger partial charge is 0.318 e. The lowest BCUT2D eigenvalue weighted by Crippen LogP contribution is -2.45. The van der Waals surface area contributed by atoms with Gasteiger partial charge >= 0.3 is 5.97 Å². The van der Waals surface area contributed by atoms with Gasteiger partial charge in [-0.05, 0) is 50.1 Å². The van der Waals surface area contributed by atoms with Crippen molar-refractivity contribution in [3.8, 4) is 11.3 Å². The quantitative estimate of drug-likeness (QED) is 0.288. The van der Waals surface area contributed by atoms with E-state index in [4.69, 9.17) is 9.72 Å². The number of carbonyl (C=O) groups excluding carboxylic acids is 2. The largest absolute Gasteiger partial charge is 0.465 e. The summed E-state index contributed by atoms with van der Waals surface area (Å²) < 4.78 is 6.23. The van der Waals surface area contributed by atoms with Crippen molar-refractivity contribution in [3.05, 3.63) is 100 Å². The number of amides is 1. The Balaban J connectivity index is 1.77. The van der Waals surface area contributed by atoms with Gasteiger partial charge in [0.1, 0.15) is 5.41 Å². The zero-order valence-electron chi connectivity index (χ0n) is 20.0. The van der Waals surface area contributed by atoms with Crippen molar-refractivity contribution >= 4 is 38.7 Å². The molecule has 3 aromatic carbocycles. The topological polar surface area (TPSA) is 68.3 Å². The molecule has 4 aromatic rings. The minimum absolute atomic E-state index is 0.0899. The number of ether oxygens (including phenoxy) is 1. The first-order valence-electron chi connectivity index (χ1n) is 11.5. The van der Waals surface area contributed by atoms with Gasteiger partial charge < -0.3 is 10.1 Å². The number of benzene rings is 3. The third kappa shape index (κ3) is 4.98. The Labute approximate surface area is 213 Å². The first kappa shape index (κ1) is 24.6. The Morgan fingerprint density at radius 1 is 1.00 bits per heavy atom. The molecule has 4 rings (SSSR count). The number of halogens is 1. The predicted octanol–water partition coefficient (Wildman–Crippen LogP) is 6.22. The number of pyridine rings is 1. The molecule has 0 aliphatic heterocycles. The standard InChI is InChI=1S/C29H27BrN2O3/c1-4-35-28(34)29(3,21-13-9-6-10-14-21)18-31-27(33)25-19(2)26(20-11-7-5-8-12-20)32-24-16-15-22(30)17-23(24)25/h5-17H,4,18H2,1-3H3,(H,31,33). The lowest BCUT2D eigenvalue weighted by molar-refractivity contribution is -0.149. The number of aromatic nitrogens is 1. The molecule has 1 heterocycles. The van der Waals surface area contributed by atoms with E-state index in [0.29, 0.717) is 5.56 Å². The van der Waals surface area contributed by atoms with E-state index in [2.05, 4.69) is 21.2 Å². The maximum Gasteiger partial charge on any atom is 0.318 e. The molecule has 1 amide bonds. The third-order valence-corrected chi connectivity index (χ3v) is 6.70. The maximum absolute atomic E-state index is 13.7. The molecular formula is C29H27BrN2O3. The van der Waals surface area contributed by atoms with E-state index in [1.54, 1.807) is 13.8 Å². The number of rotatable bonds is 7. The van der Waals surface area contributed by atoms with Gasteiger partial charge in [0.05, 0.1) is 23.4 Å². The molecule has 35 heavy (non-hydrogen) atoms. The third-order valence-electron chi connectivity index (χ3n) is 6.20. The minimum atomic E-state index is -1.04. The molecule has 178 valence electrons. The lowest BCUT2D eigenvalue weighted by atomic mass is 9.82. The molecule has 0 radical (unpaired) electrons. The van der Waals surface area contributed by atoms with Crippen LogP contribution >= 0.6 is 15.9 Å². The van der Waals surface area contributed by atoms with E-state index in [9.17, 15) is 9.59 Å². The molecule has 1 N–H and O–H groups in total. The molecule has 1 unspecified atom stereocenters. The molecule has 0 aliphatic carbocycles. The number of esters is 1. The van der Waals surface area contributed by atoms with E-state index in [1.807, 2.05) is 85.8 Å². The second-order valence-electron chi connectivity index (χ2n) is 8.59. The van der Waals surface area contributed by atoms with Gasteiger partial charge in [-0.1, -0.05) is 76.6 Å². The normalized spacial score (nSPS) is 12.7. The van der Waals surface area contributed by atoms with Crippen LogP contribution in [0.2, 0.25) is 0 Å². The highest BCUT2D eigenvalue weighted by atomic mass is 79.9. The Hall–Kier alpha value is -3.51.